The van der Waals surface area contributed by atoms with Crippen molar-refractivity contribution in [1.29, 1.82) is 0 Å². The molecule has 2 N–H and O–H groups in total. The second kappa shape index (κ2) is 5.36. The molecule has 82 valence electrons. The van der Waals surface area contributed by atoms with Crippen LogP contribution in [0.25, 0.3) is 6.08 Å². The smallest absolute Gasteiger partial charge is 0.342 e. The molecule has 0 atom stereocenters. The van der Waals surface area contributed by atoms with E-state index in [1.807, 2.05) is 0 Å². The van der Waals surface area contributed by atoms with Gasteiger partial charge in [-0.3, -0.25) is 0 Å². The van der Waals surface area contributed by atoms with Gasteiger partial charge in [0.25, 0.3) is 0 Å². The first kappa shape index (κ1) is 11.5. The molecule has 0 bridgehead atoms. The van der Waals surface area contributed by atoms with Gasteiger partial charge in [-0.05, 0) is 25.8 Å². The minimum absolute atomic E-state index is 0.0620. The summed E-state index contributed by atoms with van der Waals surface area (Å²) >= 11 is 0. The lowest BCUT2D eigenvalue weighted by Gasteiger charge is -1.97. The van der Waals surface area contributed by atoms with E-state index >= 15 is 0 Å². The third-order valence-electron chi connectivity index (χ3n) is 1.99. The zero-order chi connectivity index (χ0) is 11.3. The van der Waals surface area contributed by atoms with Crippen LogP contribution in [0.15, 0.2) is 21.4 Å². The van der Waals surface area contributed by atoms with E-state index < -0.39 is 5.63 Å². The molecular weight excluding hydrogens is 196 g/mol. The van der Waals surface area contributed by atoms with Crippen LogP contribution in [-0.4, -0.2) is 16.8 Å². The van der Waals surface area contributed by atoms with E-state index in [-0.39, 0.29) is 17.9 Å². The van der Waals surface area contributed by atoms with Crippen LogP contribution in [0.1, 0.15) is 24.2 Å². The summed E-state index contributed by atoms with van der Waals surface area (Å²) in [6, 6.07) is 1.40. The van der Waals surface area contributed by atoms with Crippen LogP contribution < -0.4 is 5.63 Å². The van der Waals surface area contributed by atoms with Crippen molar-refractivity contribution in [3.05, 3.63) is 33.9 Å². The number of rotatable bonds is 4. The van der Waals surface area contributed by atoms with Crippen molar-refractivity contribution >= 4 is 6.08 Å². The molecule has 0 saturated carbocycles. The molecule has 0 aliphatic carbocycles. The van der Waals surface area contributed by atoms with Gasteiger partial charge in [-0.15, -0.1) is 0 Å². The Morgan fingerprint density at radius 2 is 2.27 bits per heavy atom. The van der Waals surface area contributed by atoms with E-state index in [1.54, 1.807) is 12.2 Å². The van der Waals surface area contributed by atoms with Crippen LogP contribution >= 0.6 is 0 Å². The fraction of sp³-hybridized carbons (Fsp3) is 0.364. The van der Waals surface area contributed by atoms with Crippen LogP contribution in [0.3, 0.4) is 0 Å². The molecule has 1 heterocycles. The third-order valence-corrected chi connectivity index (χ3v) is 1.99. The van der Waals surface area contributed by atoms with Crippen LogP contribution in [0.4, 0.5) is 0 Å². The van der Waals surface area contributed by atoms with Crippen LogP contribution in [0.2, 0.25) is 0 Å². The van der Waals surface area contributed by atoms with Crippen molar-refractivity contribution in [2.24, 2.45) is 0 Å². The first-order chi connectivity index (χ1) is 7.15. The second-order valence-electron chi connectivity index (χ2n) is 3.21. The first-order valence-corrected chi connectivity index (χ1v) is 4.76. The average Bonchev–Trinajstić information content (AvgIpc) is 2.21. The van der Waals surface area contributed by atoms with E-state index in [2.05, 4.69) is 0 Å². The summed E-state index contributed by atoms with van der Waals surface area (Å²) in [5.41, 5.74) is -0.320. The predicted molar refractivity (Wildman–Crippen MR) is 56.7 cm³/mol. The van der Waals surface area contributed by atoms with Crippen molar-refractivity contribution in [1.82, 2.24) is 0 Å². The SMILES string of the molecule is Cc1c(O)cc(/C=C/CCCO)oc1=O. The molecule has 0 saturated heterocycles. The van der Waals surface area contributed by atoms with Gasteiger partial charge in [0, 0.05) is 12.7 Å². The predicted octanol–water partition coefficient (Wildman–Crippen LogP) is 1.44. The summed E-state index contributed by atoms with van der Waals surface area (Å²) in [4.78, 5) is 11.1. The summed E-state index contributed by atoms with van der Waals surface area (Å²) in [7, 11) is 0. The molecule has 0 aromatic carbocycles. The quantitative estimate of drug-likeness (QED) is 0.738. The minimum atomic E-state index is -0.531. The molecule has 0 amide bonds. The van der Waals surface area contributed by atoms with E-state index in [0.29, 0.717) is 18.6 Å². The van der Waals surface area contributed by atoms with Gasteiger partial charge in [-0.2, -0.15) is 0 Å². The molecule has 1 aromatic rings. The Hall–Kier alpha value is -1.55. The fourth-order valence-corrected chi connectivity index (χ4v) is 1.05. The van der Waals surface area contributed by atoms with E-state index in [1.165, 1.54) is 13.0 Å². The lowest BCUT2D eigenvalue weighted by Crippen LogP contribution is -2.03. The Kier molecular flexibility index (Phi) is 4.12. The zero-order valence-corrected chi connectivity index (χ0v) is 8.56. The second-order valence-corrected chi connectivity index (χ2v) is 3.21. The highest BCUT2D eigenvalue weighted by Crippen LogP contribution is 2.14. The molecule has 0 unspecified atom stereocenters. The molecular formula is C11H14O4. The monoisotopic (exact) mass is 210 g/mol. The zero-order valence-electron chi connectivity index (χ0n) is 8.56. The van der Waals surface area contributed by atoms with Gasteiger partial charge in [0.1, 0.15) is 11.5 Å². The standard InChI is InChI=1S/C11H14O4/c1-8-10(13)7-9(15-11(8)14)5-3-2-4-6-12/h3,5,7,12-13H,2,4,6H2,1H3/b5-3+. The summed E-state index contributed by atoms with van der Waals surface area (Å²) in [6.07, 6.45) is 4.76. The Balaban J connectivity index is 2.79. The highest BCUT2D eigenvalue weighted by Gasteiger charge is 2.03. The van der Waals surface area contributed by atoms with Gasteiger partial charge in [-0.1, -0.05) is 6.08 Å². The van der Waals surface area contributed by atoms with Crippen molar-refractivity contribution < 1.29 is 14.6 Å². The third kappa shape index (κ3) is 3.25. The van der Waals surface area contributed by atoms with Crippen LogP contribution in [-0.2, 0) is 0 Å². The molecule has 0 aliphatic heterocycles. The maximum absolute atomic E-state index is 11.1. The largest absolute Gasteiger partial charge is 0.507 e. The summed E-state index contributed by atoms with van der Waals surface area (Å²) in [5.74, 6) is 0.258. The van der Waals surface area contributed by atoms with Crippen molar-refractivity contribution in [3.63, 3.8) is 0 Å². The van der Waals surface area contributed by atoms with Gasteiger partial charge in [0.15, 0.2) is 0 Å². The maximum Gasteiger partial charge on any atom is 0.342 e. The molecule has 0 spiro atoms. The molecule has 0 aliphatic rings. The summed E-state index contributed by atoms with van der Waals surface area (Å²) in [6.45, 7) is 1.63. The minimum Gasteiger partial charge on any atom is -0.507 e. The van der Waals surface area contributed by atoms with Gasteiger partial charge >= 0.3 is 5.63 Å². The number of hydrogen-bond donors (Lipinski definition) is 2. The van der Waals surface area contributed by atoms with Crippen molar-refractivity contribution in [2.75, 3.05) is 6.61 Å². The van der Waals surface area contributed by atoms with E-state index in [0.717, 1.165) is 0 Å². The van der Waals surface area contributed by atoms with Gasteiger partial charge < -0.3 is 14.6 Å². The van der Waals surface area contributed by atoms with Crippen LogP contribution in [0, 0.1) is 6.92 Å². The molecule has 0 fully saturated rings. The molecule has 15 heavy (non-hydrogen) atoms. The van der Waals surface area contributed by atoms with E-state index in [4.69, 9.17) is 9.52 Å². The molecule has 1 rings (SSSR count). The lowest BCUT2D eigenvalue weighted by molar-refractivity contribution is 0.289. The summed E-state index contributed by atoms with van der Waals surface area (Å²) < 4.78 is 4.90. The van der Waals surface area contributed by atoms with Gasteiger partial charge in [0.05, 0.1) is 5.56 Å². The summed E-state index contributed by atoms with van der Waals surface area (Å²) in [5, 5.41) is 17.9. The van der Waals surface area contributed by atoms with Crippen molar-refractivity contribution in [3.8, 4) is 5.75 Å². The Morgan fingerprint density at radius 3 is 2.87 bits per heavy atom. The number of allylic oxidation sites excluding steroid dienone is 1. The van der Waals surface area contributed by atoms with E-state index in [9.17, 15) is 9.90 Å². The number of aliphatic hydroxyl groups excluding tert-OH is 1. The Bertz CT molecular complexity index is 404. The molecule has 4 nitrogen and oxygen atoms in total. The average molecular weight is 210 g/mol. The molecule has 0 radical (unpaired) electrons. The Morgan fingerprint density at radius 1 is 1.53 bits per heavy atom. The first-order valence-electron chi connectivity index (χ1n) is 4.76. The van der Waals surface area contributed by atoms with Crippen LogP contribution in [0.5, 0.6) is 5.75 Å². The number of hydrogen-bond acceptors (Lipinski definition) is 4. The maximum atomic E-state index is 11.1. The number of aliphatic hydroxyl groups is 1. The number of aromatic hydroxyl groups is 1. The normalized spacial score (nSPS) is 11.1. The Labute approximate surface area is 87.5 Å². The molecule has 4 heteroatoms. The highest BCUT2D eigenvalue weighted by molar-refractivity contribution is 5.46. The fourth-order valence-electron chi connectivity index (χ4n) is 1.05. The van der Waals surface area contributed by atoms with Gasteiger partial charge in [0.2, 0.25) is 0 Å². The van der Waals surface area contributed by atoms with Crippen molar-refractivity contribution in [2.45, 2.75) is 19.8 Å². The highest BCUT2D eigenvalue weighted by atomic mass is 16.4. The number of unbranched alkanes of at least 4 members (excludes halogenated alkanes) is 1. The van der Waals surface area contributed by atoms with Gasteiger partial charge in [-0.25, -0.2) is 4.79 Å². The topological polar surface area (TPSA) is 70.7 Å². The molecule has 1 aromatic heterocycles. The lowest BCUT2D eigenvalue weighted by atomic mass is 10.2.